The lowest BCUT2D eigenvalue weighted by Gasteiger charge is -2.17. The summed E-state index contributed by atoms with van der Waals surface area (Å²) in [7, 11) is 0. The average Bonchev–Trinajstić information content (AvgIpc) is 2.52. The maximum Gasteiger partial charge on any atom is 0.0972 e. The molecule has 1 aliphatic heterocycles. The van der Waals surface area contributed by atoms with Crippen molar-refractivity contribution in [2.75, 3.05) is 0 Å². The van der Waals surface area contributed by atoms with E-state index >= 15 is 0 Å². The first-order valence-corrected chi connectivity index (χ1v) is 6.14. The number of rotatable bonds is 0. The second-order valence-corrected chi connectivity index (χ2v) is 5.00. The summed E-state index contributed by atoms with van der Waals surface area (Å²) in [4.78, 5) is 4.75. The Balaban J connectivity index is 2.08. The number of aryl methyl sites for hydroxylation is 2. The van der Waals surface area contributed by atoms with E-state index in [-0.39, 0.29) is 0 Å². The molecule has 1 aliphatic carbocycles. The number of fused-ring (bicyclic) bond motifs is 3. The lowest BCUT2D eigenvalue weighted by molar-refractivity contribution is 0.508. The van der Waals surface area contributed by atoms with Gasteiger partial charge < -0.3 is 5.32 Å². The third kappa shape index (κ3) is 1.53. The first-order chi connectivity index (χ1) is 7.74. The van der Waals surface area contributed by atoms with Crippen LogP contribution in [0.5, 0.6) is 0 Å². The van der Waals surface area contributed by atoms with Gasteiger partial charge in [-0.3, -0.25) is 4.99 Å². The predicted octanol–water partition coefficient (Wildman–Crippen LogP) is 2.76. The van der Waals surface area contributed by atoms with E-state index < -0.39 is 0 Å². The van der Waals surface area contributed by atoms with Crippen molar-refractivity contribution in [2.45, 2.75) is 45.2 Å². The molecule has 0 fully saturated rings. The second kappa shape index (κ2) is 3.62. The highest BCUT2D eigenvalue weighted by atomic mass is 15.1. The maximum absolute atomic E-state index is 4.75. The fraction of sp³-hybridized carbons (Fsp3) is 0.500. The third-order valence-electron chi connectivity index (χ3n) is 3.69. The van der Waals surface area contributed by atoms with Crippen molar-refractivity contribution in [3.05, 3.63) is 34.9 Å². The molecule has 1 aromatic carbocycles. The lowest BCUT2D eigenvalue weighted by Crippen LogP contribution is -2.29. The average molecular weight is 214 g/mol. The molecular formula is C14H18N2. The molecule has 0 radical (unpaired) electrons. The summed E-state index contributed by atoms with van der Waals surface area (Å²) in [6, 6.07) is 7.71. The van der Waals surface area contributed by atoms with Crippen LogP contribution in [0, 0.1) is 6.92 Å². The molecule has 1 aromatic rings. The fourth-order valence-electron chi connectivity index (χ4n) is 2.95. The number of hydrogen-bond donors (Lipinski definition) is 1. The van der Waals surface area contributed by atoms with E-state index in [0.29, 0.717) is 12.1 Å². The van der Waals surface area contributed by atoms with E-state index in [9.17, 15) is 0 Å². The maximum atomic E-state index is 4.75. The molecule has 0 amide bonds. The highest BCUT2D eigenvalue weighted by Gasteiger charge is 2.31. The SMILES string of the molecule is CC1=NC2c3ccc(C)cc3CCCC2N1. The number of amidine groups is 1. The van der Waals surface area contributed by atoms with Crippen LogP contribution in [0.25, 0.3) is 0 Å². The number of benzene rings is 1. The molecular weight excluding hydrogens is 196 g/mol. The Morgan fingerprint density at radius 3 is 3.06 bits per heavy atom. The lowest BCUT2D eigenvalue weighted by atomic mass is 9.96. The Bertz CT molecular complexity index is 448. The highest BCUT2D eigenvalue weighted by Crippen LogP contribution is 2.34. The van der Waals surface area contributed by atoms with Crippen LogP contribution in [0.4, 0.5) is 0 Å². The monoisotopic (exact) mass is 214 g/mol. The van der Waals surface area contributed by atoms with Gasteiger partial charge in [0.1, 0.15) is 0 Å². The smallest absolute Gasteiger partial charge is 0.0972 e. The largest absolute Gasteiger partial charge is 0.369 e. The van der Waals surface area contributed by atoms with Gasteiger partial charge in [0.15, 0.2) is 0 Å². The standard InChI is InChI=1S/C14H18N2/c1-9-6-7-12-11(8-9)4-3-5-13-14(12)16-10(2)15-13/h6-8,13-14H,3-5H2,1-2H3,(H,15,16). The third-order valence-corrected chi connectivity index (χ3v) is 3.69. The Kier molecular flexibility index (Phi) is 2.23. The molecule has 0 spiro atoms. The summed E-state index contributed by atoms with van der Waals surface area (Å²) in [6.45, 7) is 4.24. The van der Waals surface area contributed by atoms with Crippen LogP contribution in [0.1, 0.15) is 42.5 Å². The fourth-order valence-corrected chi connectivity index (χ4v) is 2.95. The molecule has 1 heterocycles. The highest BCUT2D eigenvalue weighted by molar-refractivity contribution is 5.82. The van der Waals surface area contributed by atoms with Gasteiger partial charge in [-0.05, 0) is 44.2 Å². The van der Waals surface area contributed by atoms with E-state index in [2.05, 4.69) is 37.4 Å². The van der Waals surface area contributed by atoms with Crippen LogP contribution in [0.2, 0.25) is 0 Å². The molecule has 2 nitrogen and oxygen atoms in total. The molecule has 2 aliphatic rings. The normalized spacial score (nSPS) is 27.5. The van der Waals surface area contributed by atoms with Crippen molar-refractivity contribution in [1.82, 2.24) is 5.32 Å². The quantitative estimate of drug-likeness (QED) is 0.705. The van der Waals surface area contributed by atoms with Crippen molar-refractivity contribution in [2.24, 2.45) is 4.99 Å². The molecule has 16 heavy (non-hydrogen) atoms. The van der Waals surface area contributed by atoms with Gasteiger partial charge in [-0.1, -0.05) is 23.8 Å². The van der Waals surface area contributed by atoms with E-state index in [1.807, 2.05) is 0 Å². The first kappa shape index (κ1) is 9.88. The zero-order valence-electron chi connectivity index (χ0n) is 9.96. The van der Waals surface area contributed by atoms with E-state index in [1.54, 1.807) is 0 Å². The molecule has 84 valence electrons. The second-order valence-electron chi connectivity index (χ2n) is 5.00. The number of hydrogen-bond acceptors (Lipinski definition) is 2. The minimum atomic E-state index is 0.359. The van der Waals surface area contributed by atoms with Gasteiger partial charge in [0.25, 0.3) is 0 Å². The number of aliphatic imine (C=N–C) groups is 1. The molecule has 0 bridgehead atoms. The molecule has 1 N–H and O–H groups in total. The first-order valence-electron chi connectivity index (χ1n) is 6.14. The Labute approximate surface area is 96.8 Å². The minimum Gasteiger partial charge on any atom is -0.369 e. The molecule has 0 saturated carbocycles. The molecule has 2 unspecified atom stereocenters. The summed E-state index contributed by atoms with van der Waals surface area (Å²) in [5.41, 5.74) is 4.31. The van der Waals surface area contributed by atoms with Crippen molar-refractivity contribution in [1.29, 1.82) is 0 Å². The number of nitrogens with zero attached hydrogens (tertiary/aromatic N) is 1. The molecule has 2 atom stereocenters. The van der Waals surface area contributed by atoms with E-state index in [1.165, 1.54) is 36.0 Å². The summed E-state index contributed by atoms with van der Waals surface area (Å²) in [5.74, 6) is 1.10. The minimum absolute atomic E-state index is 0.359. The summed E-state index contributed by atoms with van der Waals surface area (Å²) < 4.78 is 0. The van der Waals surface area contributed by atoms with Crippen LogP contribution in [0.3, 0.4) is 0 Å². The Morgan fingerprint density at radius 2 is 2.19 bits per heavy atom. The van der Waals surface area contributed by atoms with Crippen molar-refractivity contribution >= 4 is 5.84 Å². The Morgan fingerprint density at radius 1 is 1.31 bits per heavy atom. The number of nitrogens with one attached hydrogen (secondary N) is 1. The van der Waals surface area contributed by atoms with Gasteiger partial charge >= 0.3 is 0 Å². The van der Waals surface area contributed by atoms with Crippen LogP contribution in [-0.2, 0) is 6.42 Å². The van der Waals surface area contributed by atoms with Gasteiger partial charge in [0, 0.05) is 0 Å². The van der Waals surface area contributed by atoms with E-state index in [0.717, 1.165) is 5.84 Å². The topological polar surface area (TPSA) is 24.4 Å². The van der Waals surface area contributed by atoms with Gasteiger partial charge in [0.2, 0.25) is 0 Å². The van der Waals surface area contributed by atoms with Crippen LogP contribution in [-0.4, -0.2) is 11.9 Å². The Hall–Kier alpha value is -1.31. The van der Waals surface area contributed by atoms with Crippen molar-refractivity contribution in [3.8, 4) is 0 Å². The van der Waals surface area contributed by atoms with Gasteiger partial charge in [-0.25, -0.2) is 0 Å². The molecule has 3 rings (SSSR count). The van der Waals surface area contributed by atoms with Gasteiger partial charge in [-0.2, -0.15) is 0 Å². The summed E-state index contributed by atoms with van der Waals surface area (Å²) in [6.07, 6.45) is 3.72. The molecule has 2 heteroatoms. The summed E-state index contributed by atoms with van der Waals surface area (Å²) in [5, 5.41) is 3.50. The van der Waals surface area contributed by atoms with Gasteiger partial charge in [-0.15, -0.1) is 0 Å². The van der Waals surface area contributed by atoms with Crippen LogP contribution < -0.4 is 5.32 Å². The summed E-state index contributed by atoms with van der Waals surface area (Å²) >= 11 is 0. The van der Waals surface area contributed by atoms with Gasteiger partial charge in [0.05, 0.1) is 17.9 Å². The zero-order chi connectivity index (χ0) is 11.1. The molecule has 0 saturated heterocycles. The zero-order valence-corrected chi connectivity index (χ0v) is 9.96. The van der Waals surface area contributed by atoms with Crippen molar-refractivity contribution < 1.29 is 0 Å². The molecule has 0 aromatic heterocycles. The predicted molar refractivity (Wildman–Crippen MR) is 66.9 cm³/mol. The van der Waals surface area contributed by atoms with Crippen LogP contribution >= 0.6 is 0 Å². The van der Waals surface area contributed by atoms with Crippen molar-refractivity contribution in [3.63, 3.8) is 0 Å². The van der Waals surface area contributed by atoms with Crippen LogP contribution in [0.15, 0.2) is 23.2 Å². The van der Waals surface area contributed by atoms with E-state index in [4.69, 9.17) is 4.99 Å².